The van der Waals surface area contributed by atoms with Crippen molar-refractivity contribution in [3.8, 4) is 0 Å². The van der Waals surface area contributed by atoms with E-state index in [9.17, 15) is 24.0 Å². The van der Waals surface area contributed by atoms with Crippen LogP contribution < -0.4 is 5.32 Å². The summed E-state index contributed by atoms with van der Waals surface area (Å²) in [5.74, 6) is -1.80. The smallest absolute Gasteiger partial charge is 0.357 e. The lowest BCUT2D eigenvalue weighted by Gasteiger charge is -2.17. The maximum atomic E-state index is 11.1. The number of ketones is 3. The molecule has 0 saturated carbocycles. The molecule has 0 aliphatic rings. The second-order valence-corrected chi connectivity index (χ2v) is 17.7. The number of aromatic nitrogens is 4. The van der Waals surface area contributed by atoms with Crippen molar-refractivity contribution >= 4 is 162 Å². The number of carboxylic acids is 1. The van der Waals surface area contributed by atoms with Crippen molar-refractivity contribution in [1.29, 1.82) is 0 Å². The zero-order valence-electron chi connectivity index (χ0n) is 30.0. The van der Waals surface area contributed by atoms with Crippen LogP contribution in [0.3, 0.4) is 0 Å². The Morgan fingerprint density at radius 1 is 0.648 bits per heavy atom. The predicted molar refractivity (Wildman–Crippen MR) is 224 cm³/mol. The maximum absolute atomic E-state index is 11.1. The number of anilines is 1. The number of ether oxygens (including phenoxy) is 1. The first-order valence-electron chi connectivity index (χ1n) is 14.7. The van der Waals surface area contributed by atoms with Crippen molar-refractivity contribution < 1.29 is 33.8 Å². The van der Waals surface area contributed by atoms with E-state index in [1.54, 1.807) is 0 Å². The molecule has 4 rings (SSSR count). The van der Waals surface area contributed by atoms with Gasteiger partial charge in [-0.2, -0.15) is 17.5 Å². The van der Waals surface area contributed by atoms with Gasteiger partial charge in [0.25, 0.3) is 0 Å². The molecule has 0 unspecified atom stereocenters. The molecule has 13 nitrogen and oxygen atoms in total. The molecule has 0 radical (unpaired) electrons. The highest BCUT2D eigenvalue weighted by atomic mass is 35.5. The Balaban J connectivity index is 0.000000665. The normalized spacial score (nSPS) is 10.3. The van der Waals surface area contributed by atoms with E-state index in [1.807, 2.05) is 34.9 Å². The molecule has 0 aliphatic carbocycles. The molecule has 0 fully saturated rings. The summed E-state index contributed by atoms with van der Waals surface area (Å²) in [7, 11) is 4.07. The van der Waals surface area contributed by atoms with Crippen molar-refractivity contribution in [2.45, 2.75) is 60.5 Å². The number of hydrogen-bond donors (Lipinski definition) is 2. The van der Waals surface area contributed by atoms with Crippen molar-refractivity contribution in [1.82, 2.24) is 22.4 Å². The Kier molecular flexibility index (Phi) is 24.7. The lowest BCUT2D eigenvalue weighted by Crippen LogP contribution is -2.21. The molecule has 0 aliphatic heterocycles. The third-order valence-corrected chi connectivity index (χ3v) is 11.3. The lowest BCUT2D eigenvalue weighted by atomic mass is 10.2. The fourth-order valence-corrected chi connectivity index (χ4v) is 7.29. The minimum absolute atomic E-state index is 0.0131. The Morgan fingerprint density at radius 3 is 1.20 bits per heavy atom. The van der Waals surface area contributed by atoms with Crippen LogP contribution in [0.25, 0.3) is 0 Å². The summed E-state index contributed by atoms with van der Waals surface area (Å²) in [5.41, 5.74) is 0.373. The molecular weight excluding hydrogens is 933 g/mol. The number of carboxylic acid groups (broad SMARTS) is 1. The largest absolute Gasteiger partial charge is 0.476 e. The van der Waals surface area contributed by atoms with Crippen LogP contribution in [0.15, 0.2) is 0 Å². The molecule has 0 atom stereocenters. The number of nitrogens with zero attached hydrogens (tertiary/aromatic N) is 5. The molecule has 54 heavy (non-hydrogen) atoms. The molecule has 0 amide bonds. The molecule has 4 aromatic rings. The van der Waals surface area contributed by atoms with Gasteiger partial charge >= 0.3 is 11.9 Å². The number of halogens is 7. The van der Waals surface area contributed by atoms with Gasteiger partial charge in [-0.1, -0.05) is 81.2 Å². The average Bonchev–Trinajstić information content (AvgIpc) is 3.78. The number of rotatable bonds is 9. The van der Waals surface area contributed by atoms with Gasteiger partial charge in [-0.3, -0.25) is 19.2 Å². The van der Waals surface area contributed by atoms with E-state index in [0.29, 0.717) is 19.4 Å². The first-order valence-corrected chi connectivity index (χ1v) is 20.5. The summed E-state index contributed by atoms with van der Waals surface area (Å²) in [6, 6.07) is 0. The van der Waals surface area contributed by atoms with Crippen LogP contribution in [0.5, 0.6) is 0 Å². The summed E-state index contributed by atoms with van der Waals surface area (Å²) >= 11 is 43.3. The van der Waals surface area contributed by atoms with Crippen LogP contribution in [-0.4, -0.2) is 89.6 Å². The van der Waals surface area contributed by atoms with E-state index in [4.69, 9.17) is 91.0 Å². The molecule has 2 N–H and O–H groups in total. The highest BCUT2D eigenvalue weighted by Crippen LogP contribution is 2.32. The maximum Gasteiger partial charge on any atom is 0.357 e. The van der Waals surface area contributed by atoms with Crippen molar-refractivity contribution in [3.05, 3.63) is 55.9 Å². The number of esters is 1. The molecule has 0 spiro atoms. The van der Waals surface area contributed by atoms with E-state index in [0.717, 1.165) is 59.1 Å². The summed E-state index contributed by atoms with van der Waals surface area (Å²) in [6.07, 6.45) is 1.02. The van der Waals surface area contributed by atoms with E-state index in [2.05, 4.69) is 27.7 Å². The third-order valence-electron chi connectivity index (χ3n) is 5.15. The van der Waals surface area contributed by atoms with E-state index in [-0.39, 0.29) is 65.4 Å². The zero-order valence-corrected chi connectivity index (χ0v) is 38.6. The average molecular weight is 968 g/mol. The molecule has 300 valence electrons. The fourth-order valence-electron chi connectivity index (χ4n) is 2.98. The SMILES string of the molecule is CC(=O)OC(C)(C)C.CC(=O)c1nsc(Cl)c1Cl.CC(=O)c1nsc(Cl)c1Cl.CC(=O)c1nsc(NCCCN(C)C)c1Cl.O=C(O)c1nsc(Cl)c1Cl. The van der Waals surface area contributed by atoms with Crippen molar-refractivity contribution in [2.75, 3.05) is 32.5 Å². The highest BCUT2D eigenvalue weighted by molar-refractivity contribution is 7.12. The van der Waals surface area contributed by atoms with Crippen LogP contribution >= 0.6 is 127 Å². The molecule has 0 bridgehead atoms. The van der Waals surface area contributed by atoms with Crippen molar-refractivity contribution in [2.24, 2.45) is 0 Å². The van der Waals surface area contributed by atoms with E-state index in [1.165, 1.54) is 39.2 Å². The molecule has 4 aromatic heterocycles. The van der Waals surface area contributed by atoms with Gasteiger partial charge in [-0.15, -0.1) is 0 Å². The minimum atomic E-state index is -1.16. The number of nitrogens with one attached hydrogen (secondary N) is 1. The molecule has 24 heteroatoms. The number of aromatic carboxylic acids is 1. The number of carbonyl (C=O) groups is 5. The van der Waals surface area contributed by atoms with Gasteiger partial charge in [0.05, 0.1) is 0 Å². The predicted octanol–water partition coefficient (Wildman–Crippen LogP) is 11.2. The Morgan fingerprint density at radius 2 is 1.00 bits per heavy atom. The van der Waals surface area contributed by atoms with Gasteiger partial charge in [0.1, 0.15) is 60.8 Å². The monoisotopic (exact) mass is 964 g/mol. The first-order chi connectivity index (χ1) is 24.8. The quantitative estimate of drug-likeness (QED) is 0.0919. The molecular formula is C30H35Cl7N6O7S4. The summed E-state index contributed by atoms with van der Waals surface area (Å²) in [5, 5.41) is 13.3. The number of hydrogen-bond acceptors (Lipinski definition) is 16. The van der Waals surface area contributed by atoms with Gasteiger partial charge in [0.2, 0.25) is 0 Å². The van der Waals surface area contributed by atoms with Crippen LogP contribution in [0.2, 0.25) is 33.1 Å². The Labute approximate surface area is 363 Å². The van der Waals surface area contributed by atoms with Crippen molar-refractivity contribution in [3.63, 3.8) is 0 Å². The fraction of sp³-hybridized carbons (Fsp3) is 0.433. The second-order valence-electron chi connectivity index (χ2n) is 11.3. The van der Waals surface area contributed by atoms with Gasteiger partial charge < -0.3 is 20.1 Å². The van der Waals surface area contributed by atoms with E-state index < -0.39 is 5.97 Å². The third kappa shape index (κ3) is 19.9. The van der Waals surface area contributed by atoms with Gasteiger partial charge in [0, 0.05) is 34.2 Å². The second kappa shape index (κ2) is 25.5. The highest BCUT2D eigenvalue weighted by Gasteiger charge is 2.17. The lowest BCUT2D eigenvalue weighted by molar-refractivity contribution is -0.151. The minimum Gasteiger partial charge on any atom is -0.476 e. The van der Waals surface area contributed by atoms with Gasteiger partial charge in [-0.05, 0) is 94.0 Å². The van der Waals surface area contributed by atoms with Crippen LogP contribution in [0, 0.1) is 0 Å². The zero-order chi connectivity index (χ0) is 42.1. The summed E-state index contributed by atoms with van der Waals surface area (Å²) in [6.45, 7) is 13.0. The van der Waals surface area contributed by atoms with Crippen LogP contribution in [0.4, 0.5) is 5.00 Å². The van der Waals surface area contributed by atoms with Crippen LogP contribution in [-0.2, 0) is 9.53 Å². The summed E-state index contributed by atoms with van der Waals surface area (Å²) < 4.78 is 20.7. The van der Waals surface area contributed by atoms with Gasteiger partial charge in [-0.25, -0.2) is 4.79 Å². The number of carbonyl (C=O) groups excluding carboxylic acids is 4. The van der Waals surface area contributed by atoms with E-state index >= 15 is 0 Å². The van der Waals surface area contributed by atoms with Gasteiger partial charge in [0.15, 0.2) is 23.0 Å². The summed E-state index contributed by atoms with van der Waals surface area (Å²) in [4.78, 5) is 55.1. The topological polar surface area (TPSA) is 182 Å². The molecule has 0 aromatic carbocycles. The Bertz CT molecular complexity index is 1740. The number of Topliss-reactive ketones (excluding diaryl/α,β-unsaturated/α-hetero) is 3. The molecule has 0 saturated heterocycles. The van der Waals surface area contributed by atoms with Crippen LogP contribution in [0.1, 0.15) is 96.8 Å². The Hall–Kier alpha value is -1.74. The first kappa shape index (κ1) is 52.3. The molecule has 4 heterocycles. The standard InChI is InChI=1S/C10H16ClN3OS.C6H12O2.2C5H3Cl2NOS.C4HCl2NO2S/c1-7(15)9-8(11)10(16-13-9)12-5-4-6-14(2)3;1-5(7)8-6(2,3)4;2*1-2(9)4-3(6)5(7)10-8-4;5-1-2(4(8)9)7-10-3(1)6/h12H,4-6H2,1-3H3;1-4H3;2*1H3;(H,8,9).